The number of amides is 1. The van der Waals surface area contributed by atoms with Crippen LogP contribution in [0.3, 0.4) is 0 Å². The molecule has 1 aromatic rings. The number of nitrogens with zero attached hydrogens (tertiary/aromatic N) is 1. The summed E-state index contributed by atoms with van der Waals surface area (Å²) in [5.41, 5.74) is 0.418. The Hall–Kier alpha value is -3.03. The van der Waals surface area contributed by atoms with Crippen molar-refractivity contribution in [3.8, 4) is 11.5 Å². The molecule has 1 N–H and O–H groups in total. The molecule has 8 heteroatoms. The number of Topliss-reactive ketones (excluding diaryl/α,β-unsaturated/α-hetero) is 1. The van der Waals surface area contributed by atoms with Crippen LogP contribution in [0.4, 0.5) is 0 Å². The van der Waals surface area contributed by atoms with Crippen molar-refractivity contribution < 1.29 is 33.7 Å². The van der Waals surface area contributed by atoms with Gasteiger partial charge in [0.1, 0.15) is 6.54 Å². The molecule has 140 valence electrons. The van der Waals surface area contributed by atoms with Crippen molar-refractivity contribution in [1.29, 1.82) is 0 Å². The van der Waals surface area contributed by atoms with Crippen molar-refractivity contribution in [1.82, 2.24) is 4.90 Å². The second-order valence-corrected chi connectivity index (χ2v) is 5.57. The maximum Gasteiger partial charge on any atom is 0.325 e. The number of aliphatic hydroxyl groups excluding tert-OH is 1. The van der Waals surface area contributed by atoms with Crippen molar-refractivity contribution in [2.75, 3.05) is 27.4 Å². The van der Waals surface area contributed by atoms with E-state index in [0.29, 0.717) is 17.1 Å². The number of carbonyl (C=O) groups excluding carboxylic acids is 3. The Bertz CT molecular complexity index is 769. The molecule has 0 bridgehead atoms. The van der Waals surface area contributed by atoms with Crippen LogP contribution < -0.4 is 9.47 Å². The van der Waals surface area contributed by atoms with Gasteiger partial charge in [0.2, 0.25) is 0 Å². The molecule has 2 rings (SSSR count). The van der Waals surface area contributed by atoms with E-state index in [1.165, 1.54) is 21.1 Å². The molecule has 0 radical (unpaired) electrons. The lowest BCUT2D eigenvalue weighted by atomic mass is 9.96. The normalized spacial score (nSPS) is 16.7. The van der Waals surface area contributed by atoms with Gasteiger partial charge in [0.25, 0.3) is 5.91 Å². The van der Waals surface area contributed by atoms with E-state index in [4.69, 9.17) is 14.2 Å². The number of esters is 1. The fraction of sp³-hybridized carbons (Fsp3) is 0.389. The van der Waals surface area contributed by atoms with Crippen LogP contribution in [0.1, 0.15) is 25.5 Å². The second kappa shape index (κ2) is 7.90. The molecule has 26 heavy (non-hydrogen) atoms. The van der Waals surface area contributed by atoms with Crippen molar-refractivity contribution in [2.45, 2.75) is 19.9 Å². The summed E-state index contributed by atoms with van der Waals surface area (Å²) in [6.45, 7) is 2.65. The van der Waals surface area contributed by atoms with Crippen LogP contribution in [0, 0.1) is 0 Å². The van der Waals surface area contributed by atoms with Gasteiger partial charge in [0.05, 0.1) is 32.4 Å². The van der Waals surface area contributed by atoms with E-state index < -0.39 is 36.0 Å². The number of benzene rings is 1. The van der Waals surface area contributed by atoms with E-state index in [1.54, 1.807) is 25.1 Å². The number of methoxy groups -OCH3 is 2. The zero-order valence-electron chi connectivity index (χ0n) is 15.1. The van der Waals surface area contributed by atoms with Crippen molar-refractivity contribution in [3.05, 3.63) is 35.1 Å². The first kappa shape index (κ1) is 19.3. The van der Waals surface area contributed by atoms with Gasteiger partial charge in [-0.25, -0.2) is 0 Å². The van der Waals surface area contributed by atoms with E-state index in [-0.39, 0.29) is 12.2 Å². The van der Waals surface area contributed by atoms with Crippen LogP contribution >= 0.6 is 0 Å². The smallest absolute Gasteiger partial charge is 0.325 e. The summed E-state index contributed by atoms with van der Waals surface area (Å²) in [7, 11) is 2.94. The Morgan fingerprint density at radius 2 is 1.85 bits per heavy atom. The zero-order chi connectivity index (χ0) is 19.4. The molecule has 0 spiro atoms. The van der Waals surface area contributed by atoms with Crippen molar-refractivity contribution in [2.24, 2.45) is 0 Å². The molecule has 8 nitrogen and oxygen atoms in total. The van der Waals surface area contributed by atoms with Gasteiger partial charge >= 0.3 is 5.97 Å². The SMILES string of the molecule is CCOC(=O)CN1C(=O)C(O)=C(C(C)=O)[C@@H]1c1ccc(OC)c(OC)c1. The van der Waals surface area contributed by atoms with Crippen molar-refractivity contribution >= 4 is 17.7 Å². The summed E-state index contributed by atoms with van der Waals surface area (Å²) in [6, 6.07) is 3.92. The average Bonchev–Trinajstić information content (AvgIpc) is 2.86. The number of aliphatic hydroxyl groups is 1. The van der Waals surface area contributed by atoms with E-state index in [2.05, 4.69) is 0 Å². The molecule has 1 heterocycles. The van der Waals surface area contributed by atoms with Gasteiger partial charge in [0.15, 0.2) is 23.0 Å². The third-order valence-corrected chi connectivity index (χ3v) is 4.01. The lowest BCUT2D eigenvalue weighted by Gasteiger charge is -2.26. The van der Waals surface area contributed by atoms with E-state index in [0.717, 1.165) is 4.90 Å². The van der Waals surface area contributed by atoms with Crippen LogP contribution in [0.5, 0.6) is 11.5 Å². The van der Waals surface area contributed by atoms with Gasteiger partial charge in [0, 0.05) is 0 Å². The Labute approximate surface area is 150 Å². The van der Waals surface area contributed by atoms with E-state index in [1.807, 2.05) is 0 Å². The number of ether oxygens (including phenoxy) is 3. The molecule has 0 fully saturated rings. The zero-order valence-corrected chi connectivity index (χ0v) is 15.1. The molecule has 1 amide bonds. The first-order chi connectivity index (χ1) is 12.3. The molecule has 0 aliphatic carbocycles. The number of hydrogen-bond donors (Lipinski definition) is 1. The molecule has 1 aliphatic heterocycles. The summed E-state index contributed by atoms with van der Waals surface area (Å²) in [5.74, 6) is -1.71. The minimum Gasteiger partial charge on any atom is -0.503 e. The summed E-state index contributed by atoms with van der Waals surface area (Å²) < 4.78 is 15.3. The number of ketones is 1. The Morgan fingerprint density at radius 3 is 2.38 bits per heavy atom. The van der Waals surface area contributed by atoms with Gasteiger partial charge in [-0.3, -0.25) is 14.4 Å². The monoisotopic (exact) mass is 363 g/mol. The Balaban J connectivity index is 2.52. The van der Waals surface area contributed by atoms with Crippen LogP contribution in [0.25, 0.3) is 0 Å². The van der Waals surface area contributed by atoms with Gasteiger partial charge < -0.3 is 24.2 Å². The fourth-order valence-electron chi connectivity index (χ4n) is 2.89. The lowest BCUT2D eigenvalue weighted by Crippen LogP contribution is -2.36. The first-order valence-corrected chi connectivity index (χ1v) is 7.98. The quantitative estimate of drug-likeness (QED) is 0.733. The maximum atomic E-state index is 12.4. The van der Waals surface area contributed by atoms with E-state index >= 15 is 0 Å². The van der Waals surface area contributed by atoms with Gasteiger partial charge in [-0.15, -0.1) is 0 Å². The van der Waals surface area contributed by atoms with Gasteiger partial charge in [-0.1, -0.05) is 6.07 Å². The molecule has 0 saturated heterocycles. The molecule has 0 saturated carbocycles. The van der Waals surface area contributed by atoms with Crippen LogP contribution in [-0.4, -0.2) is 55.0 Å². The van der Waals surface area contributed by atoms with Crippen LogP contribution in [-0.2, 0) is 19.1 Å². The predicted molar refractivity (Wildman–Crippen MR) is 91.0 cm³/mol. The number of rotatable bonds is 7. The summed E-state index contributed by atoms with van der Waals surface area (Å²) in [5, 5.41) is 10.2. The Kier molecular flexibility index (Phi) is 5.86. The molecular weight excluding hydrogens is 342 g/mol. The minimum absolute atomic E-state index is 0.0773. The third kappa shape index (κ3) is 3.49. The molecule has 1 aromatic carbocycles. The highest BCUT2D eigenvalue weighted by atomic mass is 16.5. The molecule has 1 atom stereocenters. The summed E-state index contributed by atoms with van der Waals surface area (Å²) in [4.78, 5) is 37.5. The molecule has 0 unspecified atom stereocenters. The minimum atomic E-state index is -0.927. The topological polar surface area (TPSA) is 102 Å². The third-order valence-electron chi connectivity index (χ3n) is 4.01. The largest absolute Gasteiger partial charge is 0.503 e. The summed E-state index contributed by atoms with van der Waals surface area (Å²) in [6.07, 6.45) is 0. The van der Waals surface area contributed by atoms with Crippen LogP contribution in [0.15, 0.2) is 29.5 Å². The number of hydrogen-bond acceptors (Lipinski definition) is 7. The molecular formula is C18H21NO7. The highest BCUT2D eigenvalue weighted by Crippen LogP contribution is 2.40. The molecule has 0 aromatic heterocycles. The fourth-order valence-corrected chi connectivity index (χ4v) is 2.89. The molecule has 1 aliphatic rings. The second-order valence-electron chi connectivity index (χ2n) is 5.57. The average molecular weight is 363 g/mol. The van der Waals surface area contributed by atoms with Gasteiger partial charge in [-0.05, 0) is 31.5 Å². The number of carbonyl (C=O) groups is 3. The summed E-state index contributed by atoms with van der Waals surface area (Å²) >= 11 is 0. The predicted octanol–water partition coefficient (Wildman–Crippen LogP) is 1.55. The standard InChI is InChI=1S/C18H21NO7/c1-5-26-14(21)9-19-16(15(10(2)20)17(22)18(19)23)11-6-7-12(24-3)13(8-11)25-4/h6-8,16,22H,5,9H2,1-4H3/t16-/m0/s1. The van der Waals surface area contributed by atoms with E-state index in [9.17, 15) is 19.5 Å². The Morgan fingerprint density at radius 1 is 1.19 bits per heavy atom. The maximum absolute atomic E-state index is 12.4. The van der Waals surface area contributed by atoms with Gasteiger partial charge in [-0.2, -0.15) is 0 Å². The van der Waals surface area contributed by atoms with Crippen LogP contribution in [0.2, 0.25) is 0 Å². The highest BCUT2D eigenvalue weighted by Gasteiger charge is 2.43. The highest BCUT2D eigenvalue weighted by molar-refractivity contribution is 6.08. The van der Waals surface area contributed by atoms with Crippen molar-refractivity contribution in [3.63, 3.8) is 0 Å². The first-order valence-electron chi connectivity index (χ1n) is 7.98. The lowest BCUT2D eigenvalue weighted by molar-refractivity contribution is -0.148.